The van der Waals surface area contributed by atoms with Gasteiger partial charge in [-0.2, -0.15) is 5.26 Å². The Labute approximate surface area is 91.2 Å². The average molecular weight is 209 g/mol. The minimum atomic E-state index is -0.0623. The van der Waals surface area contributed by atoms with Crippen molar-refractivity contribution in [3.8, 4) is 6.07 Å². The first-order valence-corrected chi connectivity index (χ1v) is 5.60. The first-order valence-electron chi connectivity index (χ1n) is 5.60. The molecule has 4 heteroatoms. The van der Waals surface area contributed by atoms with Crippen molar-refractivity contribution >= 4 is 5.91 Å². The number of amides is 1. The topological polar surface area (TPSA) is 56.1 Å². The van der Waals surface area contributed by atoms with Crippen LogP contribution < -0.4 is 5.32 Å². The number of carbonyl (C=O) groups excluding carboxylic acids is 1. The first-order chi connectivity index (χ1) is 7.17. The van der Waals surface area contributed by atoms with E-state index in [-0.39, 0.29) is 18.0 Å². The molecule has 1 aliphatic heterocycles. The van der Waals surface area contributed by atoms with Crippen LogP contribution in [0.15, 0.2) is 0 Å². The van der Waals surface area contributed by atoms with E-state index in [1.165, 1.54) is 0 Å². The van der Waals surface area contributed by atoms with Gasteiger partial charge in [-0.25, -0.2) is 0 Å². The lowest BCUT2D eigenvalue weighted by Gasteiger charge is -2.19. The standard InChI is InChI=1S/C11H19N3O/c1-3-9(2)13-11(15)8-14-6-4-5-10(14)7-12/h9-10H,3-6,8H2,1-2H3,(H,13,15). The van der Waals surface area contributed by atoms with Gasteiger partial charge in [-0.05, 0) is 26.2 Å². The van der Waals surface area contributed by atoms with Crippen molar-refractivity contribution in [1.82, 2.24) is 10.2 Å². The second kappa shape index (κ2) is 5.72. The number of carbonyl (C=O) groups is 1. The summed E-state index contributed by atoms with van der Waals surface area (Å²) < 4.78 is 0. The molecule has 4 nitrogen and oxygen atoms in total. The van der Waals surface area contributed by atoms with Crippen LogP contribution in [0.25, 0.3) is 0 Å². The Balaban J connectivity index is 2.35. The Bertz CT molecular complexity index is 259. The van der Waals surface area contributed by atoms with Crippen LogP contribution in [0.4, 0.5) is 0 Å². The number of nitriles is 1. The fourth-order valence-corrected chi connectivity index (χ4v) is 1.77. The monoisotopic (exact) mass is 209 g/mol. The molecule has 1 aliphatic rings. The van der Waals surface area contributed by atoms with Crippen LogP contribution in [0.5, 0.6) is 0 Å². The van der Waals surface area contributed by atoms with Gasteiger partial charge in [0.15, 0.2) is 0 Å². The van der Waals surface area contributed by atoms with E-state index >= 15 is 0 Å². The molecule has 2 atom stereocenters. The lowest BCUT2D eigenvalue weighted by Crippen LogP contribution is -2.42. The van der Waals surface area contributed by atoms with Crippen LogP contribution in [-0.4, -0.2) is 36.0 Å². The molecule has 0 spiro atoms. The van der Waals surface area contributed by atoms with Gasteiger partial charge >= 0.3 is 0 Å². The third-order valence-corrected chi connectivity index (χ3v) is 2.88. The summed E-state index contributed by atoms with van der Waals surface area (Å²) in [6.07, 6.45) is 2.86. The van der Waals surface area contributed by atoms with Crippen LogP contribution >= 0.6 is 0 Å². The second-order valence-electron chi connectivity index (χ2n) is 4.13. The van der Waals surface area contributed by atoms with E-state index < -0.39 is 0 Å². The Kier molecular flexibility index (Phi) is 4.57. The van der Waals surface area contributed by atoms with E-state index in [9.17, 15) is 4.79 Å². The number of nitrogens with zero attached hydrogens (tertiary/aromatic N) is 2. The van der Waals surface area contributed by atoms with Gasteiger partial charge in [-0.1, -0.05) is 6.92 Å². The normalized spacial score (nSPS) is 23.4. The van der Waals surface area contributed by atoms with Crippen LogP contribution in [-0.2, 0) is 4.79 Å². The molecule has 0 aliphatic carbocycles. The molecular weight excluding hydrogens is 190 g/mol. The first kappa shape index (κ1) is 12.0. The highest BCUT2D eigenvalue weighted by Gasteiger charge is 2.25. The molecule has 1 rings (SSSR count). The lowest BCUT2D eigenvalue weighted by atomic mass is 10.2. The molecule has 2 unspecified atom stereocenters. The maximum Gasteiger partial charge on any atom is 0.234 e. The van der Waals surface area contributed by atoms with E-state index in [0.29, 0.717) is 6.54 Å². The van der Waals surface area contributed by atoms with Crippen molar-refractivity contribution in [3.63, 3.8) is 0 Å². The average Bonchev–Trinajstić information content (AvgIpc) is 2.64. The Hall–Kier alpha value is -1.08. The van der Waals surface area contributed by atoms with Gasteiger partial charge in [0.1, 0.15) is 0 Å². The van der Waals surface area contributed by atoms with Gasteiger partial charge in [-0.3, -0.25) is 9.69 Å². The summed E-state index contributed by atoms with van der Waals surface area (Å²) in [7, 11) is 0. The Morgan fingerprint density at radius 2 is 2.47 bits per heavy atom. The van der Waals surface area contributed by atoms with Crippen molar-refractivity contribution in [2.24, 2.45) is 0 Å². The number of nitrogens with one attached hydrogen (secondary N) is 1. The van der Waals surface area contributed by atoms with Crippen molar-refractivity contribution in [1.29, 1.82) is 5.26 Å². The van der Waals surface area contributed by atoms with Crippen LogP contribution in [0.2, 0.25) is 0 Å². The predicted molar refractivity (Wildman–Crippen MR) is 58.1 cm³/mol. The van der Waals surface area contributed by atoms with E-state index in [0.717, 1.165) is 25.8 Å². The molecule has 1 fully saturated rings. The summed E-state index contributed by atoms with van der Waals surface area (Å²) in [5, 5.41) is 11.8. The van der Waals surface area contributed by atoms with Crippen molar-refractivity contribution < 1.29 is 4.79 Å². The van der Waals surface area contributed by atoms with E-state index in [1.54, 1.807) is 0 Å². The molecule has 0 saturated carbocycles. The summed E-state index contributed by atoms with van der Waals surface area (Å²) in [6.45, 7) is 5.26. The zero-order valence-electron chi connectivity index (χ0n) is 9.49. The highest BCUT2D eigenvalue weighted by Crippen LogP contribution is 2.15. The fraction of sp³-hybridized carbons (Fsp3) is 0.818. The number of hydrogen-bond donors (Lipinski definition) is 1. The van der Waals surface area contributed by atoms with Crippen LogP contribution in [0.1, 0.15) is 33.1 Å². The maximum atomic E-state index is 11.6. The highest BCUT2D eigenvalue weighted by atomic mass is 16.2. The van der Waals surface area contributed by atoms with Crippen LogP contribution in [0, 0.1) is 11.3 Å². The molecule has 0 aromatic heterocycles. The van der Waals surface area contributed by atoms with E-state index in [1.807, 2.05) is 18.7 Å². The lowest BCUT2D eigenvalue weighted by molar-refractivity contribution is -0.122. The summed E-state index contributed by atoms with van der Waals surface area (Å²) in [5.41, 5.74) is 0. The van der Waals surface area contributed by atoms with Gasteiger partial charge in [0.05, 0.1) is 18.7 Å². The van der Waals surface area contributed by atoms with Crippen molar-refractivity contribution in [2.75, 3.05) is 13.1 Å². The fourth-order valence-electron chi connectivity index (χ4n) is 1.77. The van der Waals surface area contributed by atoms with Gasteiger partial charge in [0, 0.05) is 12.6 Å². The van der Waals surface area contributed by atoms with Crippen molar-refractivity contribution in [3.05, 3.63) is 0 Å². The number of rotatable bonds is 4. The summed E-state index contributed by atoms with van der Waals surface area (Å²) in [4.78, 5) is 13.5. The SMILES string of the molecule is CCC(C)NC(=O)CN1CCCC1C#N. The zero-order chi connectivity index (χ0) is 11.3. The Morgan fingerprint density at radius 3 is 3.07 bits per heavy atom. The zero-order valence-corrected chi connectivity index (χ0v) is 9.49. The molecule has 1 amide bonds. The number of hydrogen-bond acceptors (Lipinski definition) is 3. The second-order valence-corrected chi connectivity index (χ2v) is 4.13. The minimum absolute atomic E-state index is 0.0338. The number of likely N-dealkylation sites (tertiary alicyclic amines) is 1. The highest BCUT2D eigenvalue weighted by molar-refractivity contribution is 5.78. The predicted octanol–water partition coefficient (Wildman–Crippen LogP) is 0.889. The third-order valence-electron chi connectivity index (χ3n) is 2.88. The quantitative estimate of drug-likeness (QED) is 0.748. The van der Waals surface area contributed by atoms with Gasteiger partial charge < -0.3 is 5.32 Å². The molecular formula is C11H19N3O. The Morgan fingerprint density at radius 1 is 1.73 bits per heavy atom. The molecule has 0 bridgehead atoms. The summed E-state index contributed by atoms with van der Waals surface area (Å²) in [6, 6.07) is 2.39. The molecule has 15 heavy (non-hydrogen) atoms. The van der Waals surface area contributed by atoms with Gasteiger partial charge in [0.25, 0.3) is 0 Å². The minimum Gasteiger partial charge on any atom is -0.353 e. The van der Waals surface area contributed by atoms with E-state index in [4.69, 9.17) is 5.26 Å². The smallest absolute Gasteiger partial charge is 0.234 e. The molecule has 1 saturated heterocycles. The van der Waals surface area contributed by atoms with Crippen molar-refractivity contribution in [2.45, 2.75) is 45.2 Å². The molecule has 0 radical (unpaired) electrons. The molecule has 1 heterocycles. The van der Waals surface area contributed by atoms with Gasteiger partial charge in [-0.15, -0.1) is 0 Å². The van der Waals surface area contributed by atoms with Crippen LogP contribution in [0.3, 0.4) is 0 Å². The largest absolute Gasteiger partial charge is 0.353 e. The van der Waals surface area contributed by atoms with Gasteiger partial charge in [0.2, 0.25) is 5.91 Å². The maximum absolute atomic E-state index is 11.6. The molecule has 0 aromatic carbocycles. The summed E-state index contributed by atoms with van der Waals surface area (Å²) >= 11 is 0. The molecule has 1 N–H and O–H groups in total. The molecule has 84 valence electrons. The molecule has 0 aromatic rings. The summed E-state index contributed by atoms with van der Waals surface area (Å²) in [5.74, 6) is 0.0338. The van der Waals surface area contributed by atoms with E-state index in [2.05, 4.69) is 11.4 Å². The third kappa shape index (κ3) is 3.52.